The standard InChI is InChI=1S/C17H34N2O/c1-14(2)16-4-8-17(13-18,9-5-16)19-10-6-15(7-11-19)12-20-3/h14-16H,4-13,18H2,1-3H3. The zero-order valence-electron chi connectivity index (χ0n) is 13.7. The molecule has 0 bridgehead atoms. The van der Waals surface area contributed by atoms with Gasteiger partial charge in [-0.25, -0.2) is 0 Å². The second-order valence-corrected chi connectivity index (χ2v) is 7.40. The number of nitrogens with zero attached hydrogens (tertiary/aromatic N) is 1. The first-order valence-electron chi connectivity index (χ1n) is 8.55. The Morgan fingerprint density at radius 3 is 2.20 bits per heavy atom. The van der Waals surface area contributed by atoms with Gasteiger partial charge in [0.05, 0.1) is 0 Å². The SMILES string of the molecule is COCC1CCN(C2(CN)CCC(C(C)C)CC2)CC1. The molecular weight excluding hydrogens is 248 g/mol. The number of rotatable bonds is 5. The third-order valence-electron chi connectivity index (χ3n) is 5.97. The Hall–Kier alpha value is -0.120. The van der Waals surface area contributed by atoms with Gasteiger partial charge < -0.3 is 10.5 Å². The topological polar surface area (TPSA) is 38.5 Å². The van der Waals surface area contributed by atoms with Gasteiger partial charge >= 0.3 is 0 Å². The van der Waals surface area contributed by atoms with Crippen molar-refractivity contribution in [3.8, 4) is 0 Å². The number of likely N-dealkylation sites (tertiary alicyclic amines) is 1. The van der Waals surface area contributed by atoms with E-state index in [2.05, 4.69) is 18.7 Å². The van der Waals surface area contributed by atoms with E-state index in [1.165, 1.54) is 51.6 Å². The Labute approximate surface area is 125 Å². The highest BCUT2D eigenvalue weighted by Crippen LogP contribution is 2.40. The van der Waals surface area contributed by atoms with Crippen molar-refractivity contribution in [1.29, 1.82) is 0 Å². The van der Waals surface area contributed by atoms with Gasteiger partial charge in [-0.2, -0.15) is 0 Å². The summed E-state index contributed by atoms with van der Waals surface area (Å²) in [7, 11) is 1.82. The highest BCUT2D eigenvalue weighted by molar-refractivity contribution is 4.97. The molecule has 3 heteroatoms. The molecule has 1 aliphatic heterocycles. The van der Waals surface area contributed by atoms with Crippen LogP contribution in [0, 0.1) is 17.8 Å². The van der Waals surface area contributed by atoms with Crippen LogP contribution in [0.15, 0.2) is 0 Å². The van der Waals surface area contributed by atoms with Crippen molar-refractivity contribution in [2.75, 3.05) is 33.4 Å². The molecule has 2 rings (SSSR count). The van der Waals surface area contributed by atoms with Crippen LogP contribution >= 0.6 is 0 Å². The molecular formula is C17H34N2O. The molecule has 2 N–H and O–H groups in total. The van der Waals surface area contributed by atoms with Gasteiger partial charge in [0.25, 0.3) is 0 Å². The third kappa shape index (κ3) is 3.55. The fraction of sp³-hybridized carbons (Fsp3) is 1.00. The van der Waals surface area contributed by atoms with Crippen LogP contribution < -0.4 is 5.73 Å². The zero-order chi connectivity index (χ0) is 14.6. The molecule has 2 aliphatic rings. The Balaban J connectivity index is 1.89. The molecule has 0 unspecified atom stereocenters. The highest BCUT2D eigenvalue weighted by atomic mass is 16.5. The maximum Gasteiger partial charge on any atom is 0.0491 e. The molecule has 0 amide bonds. The van der Waals surface area contributed by atoms with E-state index < -0.39 is 0 Å². The van der Waals surface area contributed by atoms with Gasteiger partial charge in [-0.1, -0.05) is 13.8 Å². The molecule has 118 valence electrons. The van der Waals surface area contributed by atoms with Crippen molar-refractivity contribution < 1.29 is 4.74 Å². The number of ether oxygens (including phenoxy) is 1. The Bertz CT molecular complexity index is 277. The smallest absolute Gasteiger partial charge is 0.0491 e. The summed E-state index contributed by atoms with van der Waals surface area (Å²) < 4.78 is 5.31. The van der Waals surface area contributed by atoms with Crippen LogP contribution in [-0.2, 0) is 4.74 Å². The van der Waals surface area contributed by atoms with Crippen LogP contribution in [0.5, 0.6) is 0 Å². The zero-order valence-corrected chi connectivity index (χ0v) is 13.7. The predicted molar refractivity (Wildman–Crippen MR) is 84.8 cm³/mol. The lowest BCUT2D eigenvalue weighted by Gasteiger charge is -2.50. The van der Waals surface area contributed by atoms with E-state index in [9.17, 15) is 0 Å². The third-order valence-corrected chi connectivity index (χ3v) is 5.97. The maximum absolute atomic E-state index is 6.22. The van der Waals surface area contributed by atoms with E-state index >= 15 is 0 Å². The molecule has 0 aromatic heterocycles. The van der Waals surface area contributed by atoms with Gasteiger partial charge in [0.15, 0.2) is 0 Å². The average molecular weight is 282 g/mol. The second kappa shape index (κ2) is 7.24. The molecule has 0 radical (unpaired) electrons. The van der Waals surface area contributed by atoms with Crippen LogP contribution in [0.25, 0.3) is 0 Å². The van der Waals surface area contributed by atoms with E-state index in [1.807, 2.05) is 7.11 Å². The Morgan fingerprint density at radius 1 is 1.15 bits per heavy atom. The fourth-order valence-corrected chi connectivity index (χ4v) is 4.30. The summed E-state index contributed by atoms with van der Waals surface area (Å²) in [6, 6.07) is 0. The average Bonchev–Trinajstić information content (AvgIpc) is 2.48. The van der Waals surface area contributed by atoms with Crippen molar-refractivity contribution in [3.05, 3.63) is 0 Å². The lowest BCUT2D eigenvalue weighted by atomic mass is 9.71. The summed E-state index contributed by atoms with van der Waals surface area (Å²) in [6.07, 6.45) is 7.91. The Kier molecular flexibility index (Phi) is 5.88. The number of hydrogen-bond donors (Lipinski definition) is 1. The van der Waals surface area contributed by atoms with E-state index in [4.69, 9.17) is 10.5 Å². The minimum Gasteiger partial charge on any atom is -0.384 e. The van der Waals surface area contributed by atoms with Crippen LogP contribution in [0.2, 0.25) is 0 Å². The second-order valence-electron chi connectivity index (χ2n) is 7.40. The first kappa shape index (κ1) is 16.3. The molecule has 0 aromatic rings. The van der Waals surface area contributed by atoms with Crippen molar-refractivity contribution in [2.45, 2.75) is 57.9 Å². The van der Waals surface area contributed by atoms with Gasteiger partial charge in [-0.3, -0.25) is 4.90 Å². The van der Waals surface area contributed by atoms with Crippen LogP contribution in [-0.4, -0.2) is 43.8 Å². The minimum absolute atomic E-state index is 0.309. The largest absolute Gasteiger partial charge is 0.384 e. The van der Waals surface area contributed by atoms with Gasteiger partial charge in [-0.05, 0) is 69.4 Å². The lowest BCUT2D eigenvalue weighted by molar-refractivity contribution is -0.000447. The van der Waals surface area contributed by atoms with Gasteiger partial charge in [-0.15, -0.1) is 0 Å². The summed E-state index contributed by atoms with van der Waals surface area (Å²) in [5.74, 6) is 2.51. The quantitative estimate of drug-likeness (QED) is 0.842. The summed E-state index contributed by atoms with van der Waals surface area (Å²) in [6.45, 7) is 8.95. The molecule has 0 atom stereocenters. The molecule has 1 saturated heterocycles. The monoisotopic (exact) mass is 282 g/mol. The van der Waals surface area contributed by atoms with E-state index in [0.29, 0.717) is 5.54 Å². The number of nitrogens with two attached hydrogens (primary N) is 1. The highest BCUT2D eigenvalue weighted by Gasteiger charge is 2.40. The first-order chi connectivity index (χ1) is 9.61. The Morgan fingerprint density at radius 2 is 1.75 bits per heavy atom. The van der Waals surface area contributed by atoms with Crippen molar-refractivity contribution in [3.63, 3.8) is 0 Å². The fourth-order valence-electron chi connectivity index (χ4n) is 4.30. The summed E-state index contributed by atoms with van der Waals surface area (Å²) >= 11 is 0. The molecule has 20 heavy (non-hydrogen) atoms. The maximum atomic E-state index is 6.22. The first-order valence-corrected chi connectivity index (χ1v) is 8.55. The van der Waals surface area contributed by atoms with Crippen LogP contribution in [0.1, 0.15) is 52.4 Å². The van der Waals surface area contributed by atoms with Crippen LogP contribution in [0.4, 0.5) is 0 Å². The van der Waals surface area contributed by atoms with Gasteiger partial charge in [0, 0.05) is 25.8 Å². The normalized spacial score (nSPS) is 33.8. The van der Waals surface area contributed by atoms with Crippen molar-refractivity contribution in [1.82, 2.24) is 4.90 Å². The number of hydrogen-bond acceptors (Lipinski definition) is 3. The van der Waals surface area contributed by atoms with Gasteiger partial charge in [0.2, 0.25) is 0 Å². The number of piperidine rings is 1. The van der Waals surface area contributed by atoms with Gasteiger partial charge in [0.1, 0.15) is 0 Å². The molecule has 0 spiro atoms. The van der Waals surface area contributed by atoms with E-state index in [-0.39, 0.29) is 0 Å². The van der Waals surface area contributed by atoms with E-state index in [0.717, 1.165) is 30.9 Å². The van der Waals surface area contributed by atoms with Crippen LogP contribution in [0.3, 0.4) is 0 Å². The molecule has 3 nitrogen and oxygen atoms in total. The number of methoxy groups -OCH3 is 1. The van der Waals surface area contributed by atoms with E-state index in [1.54, 1.807) is 0 Å². The molecule has 2 fully saturated rings. The lowest BCUT2D eigenvalue weighted by Crippen LogP contribution is -2.58. The summed E-state index contributed by atoms with van der Waals surface area (Å²) in [5.41, 5.74) is 6.53. The molecule has 1 saturated carbocycles. The van der Waals surface area contributed by atoms with Crippen molar-refractivity contribution >= 4 is 0 Å². The predicted octanol–water partition coefficient (Wildman–Crippen LogP) is 2.89. The summed E-state index contributed by atoms with van der Waals surface area (Å²) in [4.78, 5) is 2.72. The molecule has 0 aromatic carbocycles. The molecule has 1 aliphatic carbocycles. The molecule has 1 heterocycles. The minimum atomic E-state index is 0.309. The van der Waals surface area contributed by atoms with Crippen molar-refractivity contribution in [2.24, 2.45) is 23.5 Å². The summed E-state index contributed by atoms with van der Waals surface area (Å²) in [5, 5.41) is 0.